The zero-order chi connectivity index (χ0) is 23.1. The third-order valence-electron chi connectivity index (χ3n) is 5.16. The summed E-state index contributed by atoms with van der Waals surface area (Å²) in [5.74, 6) is 0.363. The van der Waals surface area contributed by atoms with E-state index in [1.54, 1.807) is 6.07 Å². The molecule has 1 aliphatic rings. The number of nitrogens with zero attached hydrogens (tertiary/aromatic N) is 4. The van der Waals surface area contributed by atoms with Crippen molar-refractivity contribution in [1.29, 1.82) is 0 Å². The predicted molar refractivity (Wildman–Crippen MR) is 106 cm³/mol. The summed E-state index contributed by atoms with van der Waals surface area (Å²) in [7, 11) is 0. The van der Waals surface area contributed by atoms with Gasteiger partial charge in [0.25, 0.3) is 0 Å². The van der Waals surface area contributed by atoms with Gasteiger partial charge >= 0.3 is 12.4 Å². The Morgan fingerprint density at radius 2 is 1.56 bits per heavy atom. The van der Waals surface area contributed by atoms with E-state index in [1.165, 1.54) is 12.4 Å². The highest BCUT2D eigenvalue weighted by molar-refractivity contribution is 5.91. The molecule has 6 nitrogen and oxygen atoms in total. The van der Waals surface area contributed by atoms with Crippen LogP contribution in [0.15, 0.2) is 36.7 Å². The van der Waals surface area contributed by atoms with Crippen molar-refractivity contribution in [3.05, 3.63) is 47.8 Å². The molecule has 0 bridgehead atoms. The molecule has 1 saturated heterocycles. The van der Waals surface area contributed by atoms with E-state index >= 15 is 0 Å². The summed E-state index contributed by atoms with van der Waals surface area (Å²) in [5, 5.41) is 2.98. The third-order valence-corrected chi connectivity index (χ3v) is 5.16. The van der Waals surface area contributed by atoms with Crippen molar-refractivity contribution >= 4 is 28.4 Å². The maximum absolute atomic E-state index is 13.2. The molecule has 0 aliphatic carbocycles. The number of nitrogens with one attached hydrogen (secondary N) is 1. The van der Waals surface area contributed by atoms with Crippen molar-refractivity contribution < 1.29 is 26.3 Å². The molecular formula is C20H18F6N6. The van der Waals surface area contributed by atoms with Gasteiger partial charge in [-0.2, -0.15) is 31.3 Å². The summed E-state index contributed by atoms with van der Waals surface area (Å²) >= 11 is 0. The molecule has 0 radical (unpaired) electrons. The second-order valence-electron chi connectivity index (χ2n) is 7.51. The van der Waals surface area contributed by atoms with Gasteiger partial charge < -0.3 is 16.0 Å². The summed E-state index contributed by atoms with van der Waals surface area (Å²) < 4.78 is 79.3. The molecule has 0 saturated carbocycles. The topological polar surface area (TPSA) is 80.0 Å². The Morgan fingerprint density at radius 1 is 0.938 bits per heavy atom. The Balaban J connectivity index is 1.78. The van der Waals surface area contributed by atoms with Gasteiger partial charge in [0.1, 0.15) is 5.82 Å². The van der Waals surface area contributed by atoms with Crippen LogP contribution < -0.4 is 16.0 Å². The minimum Gasteiger partial charge on any atom is -0.341 e. The van der Waals surface area contributed by atoms with E-state index < -0.39 is 29.2 Å². The number of pyridine rings is 1. The van der Waals surface area contributed by atoms with Gasteiger partial charge in [0, 0.05) is 37.2 Å². The first-order valence-corrected chi connectivity index (χ1v) is 9.69. The lowest BCUT2D eigenvalue weighted by molar-refractivity contribution is -0.143. The van der Waals surface area contributed by atoms with Gasteiger partial charge in [0.2, 0.25) is 5.95 Å². The number of alkyl halides is 6. The Morgan fingerprint density at radius 3 is 2.16 bits per heavy atom. The van der Waals surface area contributed by atoms with Crippen LogP contribution in [-0.4, -0.2) is 34.1 Å². The largest absolute Gasteiger partial charge is 0.416 e. The van der Waals surface area contributed by atoms with E-state index in [4.69, 9.17) is 5.73 Å². The number of benzene rings is 1. The van der Waals surface area contributed by atoms with Crippen LogP contribution >= 0.6 is 0 Å². The van der Waals surface area contributed by atoms with Crippen LogP contribution in [0.1, 0.15) is 24.0 Å². The molecule has 12 heteroatoms. The summed E-state index contributed by atoms with van der Waals surface area (Å²) in [5.41, 5.74) is 3.13. The lowest BCUT2D eigenvalue weighted by Gasteiger charge is -2.30. The second kappa shape index (κ2) is 8.08. The molecule has 3 heterocycles. The minimum atomic E-state index is -4.95. The molecule has 0 unspecified atom stereocenters. The molecule has 32 heavy (non-hydrogen) atoms. The minimum absolute atomic E-state index is 0.0550. The molecule has 4 rings (SSSR count). The smallest absolute Gasteiger partial charge is 0.341 e. The molecule has 1 fully saturated rings. The van der Waals surface area contributed by atoms with Gasteiger partial charge in [0.05, 0.1) is 22.0 Å². The van der Waals surface area contributed by atoms with Crippen molar-refractivity contribution in [1.82, 2.24) is 15.0 Å². The number of nitrogens with two attached hydrogens (primary N) is 1. The molecule has 3 N–H and O–H groups in total. The van der Waals surface area contributed by atoms with Crippen LogP contribution in [-0.2, 0) is 12.4 Å². The van der Waals surface area contributed by atoms with Crippen LogP contribution in [0.2, 0.25) is 0 Å². The first-order valence-electron chi connectivity index (χ1n) is 9.69. The number of anilines is 3. The SMILES string of the molecule is NC1CCN(c2nc(Nc3cc(C(F)(F)F)cc(C(F)(F)F)c3)c3cnccc3n2)CC1. The third kappa shape index (κ3) is 4.69. The fourth-order valence-corrected chi connectivity index (χ4v) is 3.46. The molecule has 2 aromatic heterocycles. The van der Waals surface area contributed by atoms with E-state index in [2.05, 4.69) is 20.3 Å². The molecular weight excluding hydrogens is 438 g/mol. The number of fused-ring (bicyclic) bond motifs is 1. The maximum atomic E-state index is 13.2. The molecule has 1 aliphatic heterocycles. The first kappa shape index (κ1) is 22.1. The molecule has 1 aromatic carbocycles. The number of rotatable bonds is 3. The van der Waals surface area contributed by atoms with Gasteiger partial charge in [-0.25, -0.2) is 4.98 Å². The van der Waals surface area contributed by atoms with Gasteiger partial charge in [0.15, 0.2) is 0 Å². The summed E-state index contributed by atoms with van der Waals surface area (Å²) in [4.78, 5) is 14.7. The summed E-state index contributed by atoms with van der Waals surface area (Å²) in [6.07, 6.45) is -5.60. The number of hydrogen-bond donors (Lipinski definition) is 2. The maximum Gasteiger partial charge on any atom is 0.416 e. The standard InChI is InChI=1S/C20H18F6N6/c21-19(22,23)11-7-12(20(24,25)26)9-14(8-11)29-17-15-10-28-4-1-16(15)30-18(31-17)32-5-2-13(27)3-6-32/h1,4,7-10,13H,2-3,5-6,27H2,(H,29,30,31). The lowest BCUT2D eigenvalue weighted by atomic mass is 10.1. The van der Waals surface area contributed by atoms with Crippen LogP contribution in [0, 0.1) is 0 Å². The van der Waals surface area contributed by atoms with Gasteiger partial charge in [-0.05, 0) is 37.1 Å². The van der Waals surface area contributed by atoms with E-state index in [1.807, 2.05) is 4.90 Å². The van der Waals surface area contributed by atoms with Crippen molar-refractivity contribution in [2.75, 3.05) is 23.3 Å². The highest BCUT2D eigenvalue weighted by Crippen LogP contribution is 2.38. The van der Waals surface area contributed by atoms with Crippen LogP contribution in [0.4, 0.5) is 43.8 Å². The highest BCUT2D eigenvalue weighted by atomic mass is 19.4. The Hall–Kier alpha value is -3.15. The zero-order valence-corrected chi connectivity index (χ0v) is 16.5. The fourth-order valence-electron chi connectivity index (χ4n) is 3.46. The van der Waals surface area contributed by atoms with Crippen molar-refractivity contribution in [3.63, 3.8) is 0 Å². The van der Waals surface area contributed by atoms with Crippen LogP contribution in [0.3, 0.4) is 0 Å². The van der Waals surface area contributed by atoms with E-state index in [-0.39, 0.29) is 17.9 Å². The molecule has 170 valence electrons. The molecule has 0 amide bonds. The van der Waals surface area contributed by atoms with E-state index in [0.717, 1.165) is 0 Å². The zero-order valence-electron chi connectivity index (χ0n) is 16.5. The van der Waals surface area contributed by atoms with Crippen LogP contribution in [0.25, 0.3) is 10.9 Å². The fraction of sp³-hybridized carbons (Fsp3) is 0.350. The summed E-state index contributed by atoms with van der Waals surface area (Å²) in [6.45, 7) is 1.16. The predicted octanol–water partition coefficient (Wildman–Crippen LogP) is 4.73. The van der Waals surface area contributed by atoms with Gasteiger partial charge in [-0.15, -0.1) is 0 Å². The average Bonchev–Trinajstić information content (AvgIpc) is 2.73. The average molecular weight is 456 g/mol. The quantitative estimate of drug-likeness (QED) is 0.555. The van der Waals surface area contributed by atoms with E-state index in [9.17, 15) is 26.3 Å². The normalized spacial score (nSPS) is 15.9. The van der Waals surface area contributed by atoms with Crippen molar-refractivity contribution in [3.8, 4) is 0 Å². The molecule has 3 aromatic rings. The summed E-state index contributed by atoms with van der Waals surface area (Å²) in [6, 6.07) is 2.94. The monoisotopic (exact) mass is 456 g/mol. The van der Waals surface area contributed by atoms with Crippen molar-refractivity contribution in [2.24, 2.45) is 5.73 Å². The van der Waals surface area contributed by atoms with Gasteiger partial charge in [-0.1, -0.05) is 0 Å². The number of aromatic nitrogens is 3. The Kier molecular flexibility index (Phi) is 5.57. The van der Waals surface area contributed by atoms with Crippen LogP contribution in [0.5, 0.6) is 0 Å². The highest BCUT2D eigenvalue weighted by Gasteiger charge is 2.37. The first-order chi connectivity index (χ1) is 15.0. The number of piperidine rings is 1. The Bertz CT molecular complexity index is 1090. The van der Waals surface area contributed by atoms with Gasteiger partial charge in [-0.3, -0.25) is 4.98 Å². The Labute approximate surface area is 178 Å². The molecule has 0 spiro atoms. The number of hydrogen-bond acceptors (Lipinski definition) is 6. The molecule has 0 atom stereocenters. The van der Waals surface area contributed by atoms with E-state index in [0.29, 0.717) is 54.9 Å². The second-order valence-corrected chi connectivity index (χ2v) is 7.51. The van der Waals surface area contributed by atoms with Crippen molar-refractivity contribution in [2.45, 2.75) is 31.2 Å². The number of halogens is 6. The lowest BCUT2D eigenvalue weighted by Crippen LogP contribution is -2.40.